The molecule has 0 spiro atoms. The van der Waals surface area contributed by atoms with Crippen molar-refractivity contribution in [2.45, 2.75) is 46.1 Å². The highest BCUT2D eigenvalue weighted by Gasteiger charge is 2.26. The molecule has 0 saturated carbocycles. The van der Waals surface area contributed by atoms with Gasteiger partial charge in [-0.15, -0.1) is 11.3 Å². The third-order valence-corrected chi connectivity index (χ3v) is 4.18. The molecule has 94 valence electrons. The van der Waals surface area contributed by atoms with Crippen molar-refractivity contribution in [1.82, 2.24) is 4.98 Å². The van der Waals surface area contributed by atoms with Gasteiger partial charge in [0.15, 0.2) is 5.78 Å². The standard InChI is InChI=1S/C13H19NO2S/c1-4-16-11(8(2)3)13-14-9-6-5-7-10(15)12(9)17-13/h8,11H,4-7H2,1-3H3. The quantitative estimate of drug-likeness (QED) is 0.825. The van der Waals surface area contributed by atoms with Gasteiger partial charge in [-0.1, -0.05) is 13.8 Å². The molecule has 0 saturated heterocycles. The number of aryl methyl sites for hydroxylation is 1. The van der Waals surface area contributed by atoms with Crippen molar-refractivity contribution in [2.24, 2.45) is 5.92 Å². The molecule has 0 fully saturated rings. The van der Waals surface area contributed by atoms with Crippen LogP contribution in [-0.2, 0) is 11.2 Å². The number of rotatable bonds is 4. The van der Waals surface area contributed by atoms with E-state index in [1.54, 1.807) is 0 Å². The second-order valence-electron chi connectivity index (χ2n) is 4.72. The van der Waals surface area contributed by atoms with Crippen LogP contribution in [0.15, 0.2) is 0 Å². The molecule has 0 aromatic carbocycles. The number of carbonyl (C=O) groups is 1. The van der Waals surface area contributed by atoms with E-state index in [1.165, 1.54) is 11.3 Å². The molecule has 2 rings (SSSR count). The van der Waals surface area contributed by atoms with Crippen LogP contribution in [-0.4, -0.2) is 17.4 Å². The average Bonchev–Trinajstić information content (AvgIpc) is 2.70. The van der Waals surface area contributed by atoms with Crippen LogP contribution in [0.1, 0.15) is 60.1 Å². The molecule has 1 heterocycles. The molecule has 4 heteroatoms. The number of ketones is 1. The van der Waals surface area contributed by atoms with E-state index in [0.717, 1.165) is 28.4 Å². The van der Waals surface area contributed by atoms with Crippen LogP contribution in [0, 0.1) is 5.92 Å². The van der Waals surface area contributed by atoms with Crippen molar-refractivity contribution >= 4 is 17.1 Å². The van der Waals surface area contributed by atoms with E-state index in [9.17, 15) is 4.79 Å². The van der Waals surface area contributed by atoms with Crippen LogP contribution >= 0.6 is 11.3 Å². The third-order valence-electron chi connectivity index (χ3n) is 2.98. The lowest BCUT2D eigenvalue weighted by Crippen LogP contribution is -2.11. The number of nitrogens with zero attached hydrogens (tertiary/aromatic N) is 1. The molecule has 0 amide bonds. The first-order valence-corrected chi connectivity index (χ1v) is 7.09. The highest BCUT2D eigenvalue weighted by molar-refractivity contribution is 7.14. The molecule has 1 atom stereocenters. The first kappa shape index (κ1) is 12.7. The maximum absolute atomic E-state index is 11.8. The first-order valence-electron chi connectivity index (χ1n) is 6.27. The Hall–Kier alpha value is -0.740. The molecule has 0 bridgehead atoms. The summed E-state index contributed by atoms with van der Waals surface area (Å²) in [6, 6.07) is 0. The maximum Gasteiger partial charge on any atom is 0.174 e. The first-order chi connectivity index (χ1) is 8.13. The van der Waals surface area contributed by atoms with Gasteiger partial charge in [0.1, 0.15) is 11.1 Å². The minimum atomic E-state index is 0.0309. The van der Waals surface area contributed by atoms with Crippen molar-refractivity contribution in [2.75, 3.05) is 6.61 Å². The van der Waals surface area contributed by atoms with E-state index in [4.69, 9.17) is 4.74 Å². The van der Waals surface area contributed by atoms with E-state index in [1.807, 2.05) is 6.92 Å². The Morgan fingerprint density at radius 2 is 2.18 bits per heavy atom. The fraction of sp³-hybridized carbons (Fsp3) is 0.692. The van der Waals surface area contributed by atoms with Gasteiger partial charge in [-0.2, -0.15) is 0 Å². The highest BCUT2D eigenvalue weighted by Crippen LogP contribution is 2.34. The van der Waals surface area contributed by atoms with Crippen LogP contribution in [0.2, 0.25) is 0 Å². The van der Waals surface area contributed by atoms with Crippen molar-refractivity contribution in [3.63, 3.8) is 0 Å². The molecule has 17 heavy (non-hydrogen) atoms. The van der Waals surface area contributed by atoms with Crippen LogP contribution in [0.4, 0.5) is 0 Å². The van der Waals surface area contributed by atoms with Gasteiger partial charge in [-0.25, -0.2) is 4.98 Å². The van der Waals surface area contributed by atoms with Crippen molar-refractivity contribution < 1.29 is 9.53 Å². The molecule has 1 unspecified atom stereocenters. The zero-order chi connectivity index (χ0) is 12.4. The second kappa shape index (κ2) is 5.27. The second-order valence-corrected chi connectivity index (χ2v) is 5.76. The Kier molecular flexibility index (Phi) is 3.94. The molecule has 1 aliphatic carbocycles. The van der Waals surface area contributed by atoms with Gasteiger partial charge in [-0.05, 0) is 25.7 Å². The summed E-state index contributed by atoms with van der Waals surface area (Å²) in [6.07, 6.45) is 2.59. The molecule has 0 aliphatic heterocycles. The lowest BCUT2D eigenvalue weighted by atomic mass is 10.0. The van der Waals surface area contributed by atoms with Crippen molar-refractivity contribution in [3.8, 4) is 0 Å². The van der Waals surface area contributed by atoms with Crippen molar-refractivity contribution in [1.29, 1.82) is 0 Å². The molecule has 1 aromatic heterocycles. The maximum atomic E-state index is 11.8. The Bertz CT molecular complexity index is 412. The Balaban J connectivity index is 2.29. The predicted octanol–water partition coefficient (Wildman–Crippen LogP) is 3.40. The van der Waals surface area contributed by atoms with Gasteiger partial charge in [0.25, 0.3) is 0 Å². The number of fused-ring (bicyclic) bond motifs is 1. The van der Waals surface area contributed by atoms with Crippen molar-refractivity contribution in [3.05, 3.63) is 15.6 Å². The summed E-state index contributed by atoms with van der Waals surface area (Å²) in [5.74, 6) is 0.645. The number of ether oxygens (including phenoxy) is 1. The number of hydrogen-bond acceptors (Lipinski definition) is 4. The van der Waals surface area contributed by atoms with Gasteiger partial charge < -0.3 is 4.74 Å². The van der Waals surface area contributed by atoms with Gasteiger partial charge >= 0.3 is 0 Å². The Morgan fingerprint density at radius 3 is 2.76 bits per heavy atom. The topological polar surface area (TPSA) is 39.2 Å². The normalized spacial score (nSPS) is 17.3. The average molecular weight is 253 g/mol. The lowest BCUT2D eigenvalue weighted by Gasteiger charge is -2.17. The van der Waals surface area contributed by atoms with Gasteiger partial charge in [0, 0.05) is 13.0 Å². The monoisotopic (exact) mass is 253 g/mol. The van der Waals surface area contributed by atoms with Crippen LogP contribution < -0.4 is 0 Å². The van der Waals surface area contributed by atoms with Gasteiger partial charge in [0.2, 0.25) is 0 Å². The summed E-state index contributed by atoms with van der Waals surface area (Å²) in [6.45, 7) is 6.93. The Labute approximate surface area is 106 Å². The molecular formula is C13H19NO2S. The number of thiazole rings is 1. The summed E-state index contributed by atoms with van der Waals surface area (Å²) in [7, 11) is 0. The number of aromatic nitrogens is 1. The lowest BCUT2D eigenvalue weighted by molar-refractivity contribution is 0.0292. The largest absolute Gasteiger partial charge is 0.371 e. The summed E-state index contributed by atoms with van der Waals surface area (Å²) >= 11 is 1.53. The zero-order valence-electron chi connectivity index (χ0n) is 10.7. The molecular weight excluding hydrogens is 234 g/mol. The van der Waals surface area contributed by atoms with Gasteiger partial charge in [0.05, 0.1) is 10.6 Å². The van der Waals surface area contributed by atoms with E-state index in [0.29, 0.717) is 18.9 Å². The molecule has 0 radical (unpaired) electrons. The minimum absolute atomic E-state index is 0.0309. The highest BCUT2D eigenvalue weighted by atomic mass is 32.1. The number of Topliss-reactive ketones (excluding diaryl/α,β-unsaturated/α-hetero) is 1. The smallest absolute Gasteiger partial charge is 0.174 e. The Morgan fingerprint density at radius 1 is 1.41 bits per heavy atom. The summed E-state index contributed by atoms with van der Waals surface area (Å²) < 4.78 is 5.74. The summed E-state index contributed by atoms with van der Waals surface area (Å²) in [4.78, 5) is 17.3. The van der Waals surface area contributed by atoms with Crippen LogP contribution in [0.5, 0.6) is 0 Å². The molecule has 3 nitrogen and oxygen atoms in total. The van der Waals surface area contributed by atoms with E-state index >= 15 is 0 Å². The number of carbonyl (C=O) groups excluding carboxylic acids is 1. The van der Waals surface area contributed by atoms with Crippen LogP contribution in [0.25, 0.3) is 0 Å². The van der Waals surface area contributed by atoms with E-state index in [2.05, 4.69) is 18.8 Å². The third kappa shape index (κ3) is 2.58. The predicted molar refractivity (Wildman–Crippen MR) is 68.6 cm³/mol. The zero-order valence-corrected chi connectivity index (χ0v) is 11.5. The summed E-state index contributed by atoms with van der Waals surface area (Å²) in [5.41, 5.74) is 0.992. The SMILES string of the molecule is CCOC(c1nc2c(s1)C(=O)CCC2)C(C)C. The molecule has 1 aliphatic rings. The van der Waals surface area contributed by atoms with Gasteiger partial charge in [-0.3, -0.25) is 4.79 Å². The van der Waals surface area contributed by atoms with E-state index < -0.39 is 0 Å². The fourth-order valence-corrected chi connectivity index (χ4v) is 3.44. The summed E-state index contributed by atoms with van der Waals surface area (Å²) in [5, 5.41) is 0.974. The van der Waals surface area contributed by atoms with E-state index in [-0.39, 0.29) is 11.9 Å². The number of hydrogen-bond donors (Lipinski definition) is 0. The molecule has 0 N–H and O–H groups in total. The fourth-order valence-electron chi connectivity index (χ4n) is 2.14. The molecule has 1 aromatic rings. The minimum Gasteiger partial charge on any atom is -0.371 e. The van der Waals surface area contributed by atoms with Crippen LogP contribution in [0.3, 0.4) is 0 Å².